The first-order valence-corrected chi connectivity index (χ1v) is 12.2. The lowest BCUT2D eigenvalue weighted by Crippen LogP contribution is -2.40. The van der Waals surface area contributed by atoms with E-state index in [0.29, 0.717) is 36.7 Å². The number of aromatic nitrogens is 3. The van der Waals surface area contributed by atoms with Crippen LogP contribution in [0, 0.1) is 11.3 Å². The highest BCUT2D eigenvalue weighted by Crippen LogP contribution is 2.32. The van der Waals surface area contributed by atoms with E-state index in [1.54, 1.807) is 12.3 Å². The number of carbonyl (C=O) groups is 1. The normalized spacial score (nSPS) is 13.9. The van der Waals surface area contributed by atoms with Crippen molar-refractivity contribution in [1.82, 2.24) is 24.3 Å². The Morgan fingerprint density at radius 2 is 2.08 bits per heavy atom. The van der Waals surface area contributed by atoms with Gasteiger partial charge >= 0.3 is 0 Å². The maximum Gasteiger partial charge on any atom is 0.254 e. The maximum absolute atomic E-state index is 13.9. The van der Waals surface area contributed by atoms with Crippen molar-refractivity contribution in [2.24, 2.45) is 0 Å². The van der Waals surface area contributed by atoms with E-state index in [9.17, 15) is 10.1 Å². The number of fused-ring (bicyclic) bond motifs is 1. The number of pyridine rings is 1. The second-order valence-corrected chi connectivity index (χ2v) is 9.22. The van der Waals surface area contributed by atoms with Gasteiger partial charge in [-0.2, -0.15) is 5.26 Å². The molecule has 9 nitrogen and oxygen atoms in total. The van der Waals surface area contributed by atoms with Crippen LogP contribution in [0.2, 0.25) is 0 Å². The topological polar surface area (TPSA) is 99.3 Å². The Bertz CT molecular complexity index is 1290. The van der Waals surface area contributed by atoms with Crippen molar-refractivity contribution in [3.05, 3.63) is 70.3 Å². The zero-order valence-corrected chi connectivity index (χ0v) is 21.6. The molecule has 0 saturated heterocycles. The van der Waals surface area contributed by atoms with Crippen molar-refractivity contribution < 1.29 is 9.53 Å². The number of hydrogen-bond acceptors (Lipinski definition) is 7. The van der Waals surface area contributed by atoms with Crippen LogP contribution in [0.1, 0.15) is 58.2 Å². The Labute approximate surface area is 212 Å². The number of nitrogens with one attached hydrogen (secondary N) is 1. The van der Waals surface area contributed by atoms with Crippen LogP contribution in [-0.2, 0) is 19.5 Å². The van der Waals surface area contributed by atoms with Crippen LogP contribution in [0.3, 0.4) is 0 Å². The first-order chi connectivity index (χ1) is 17.4. The summed E-state index contributed by atoms with van der Waals surface area (Å²) in [5, 5.41) is 12.5. The summed E-state index contributed by atoms with van der Waals surface area (Å²) in [4.78, 5) is 26.7. The molecule has 1 amide bonds. The second-order valence-electron chi connectivity index (χ2n) is 9.22. The summed E-state index contributed by atoms with van der Waals surface area (Å²) in [5.74, 6) is 1.27. The third-order valence-electron chi connectivity index (χ3n) is 6.48. The smallest absolute Gasteiger partial charge is 0.254 e. The van der Waals surface area contributed by atoms with Crippen LogP contribution >= 0.6 is 0 Å². The minimum Gasteiger partial charge on any atom is -0.492 e. The van der Waals surface area contributed by atoms with Crippen LogP contribution < -0.4 is 10.1 Å². The Hall–Kier alpha value is -3.90. The molecule has 1 aliphatic rings. The van der Waals surface area contributed by atoms with Crippen LogP contribution in [0.5, 0.6) is 5.75 Å². The fraction of sp³-hybridized carbons (Fsp3) is 0.407. The number of ether oxygens (including phenoxy) is 1. The van der Waals surface area contributed by atoms with E-state index in [1.165, 1.54) is 11.8 Å². The summed E-state index contributed by atoms with van der Waals surface area (Å²) in [5.41, 5.74) is 5.18. The van der Waals surface area contributed by atoms with Crippen molar-refractivity contribution >= 4 is 11.9 Å². The molecule has 36 heavy (non-hydrogen) atoms. The van der Waals surface area contributed by atoms with E-state index < -0.39 is 0 Å². The highest BCUT2D eigenvalue weighted by atomic mass is 16.5. The number of anilines is 1. The van der Waals surface area contributed by atoms with Crippen molar-refractivity contribution in [2.45, 2.75) is 39.4 Å². The minimum atomic E-state index is -0.261. The Kier molecular flexibility index (Phi) is 7.55. The molecule has 0 aliphatic carbocycles. The predicted molar refractivity (Wildman–Crippen MR) is 138 cm³/mol. The number of amides is 1. The third kappa shape index (κ3) is 5.04. The number of carbonyl (C=O) groups excluding carboxylic acids is 1. The quantitative estimate of drug-likeness (QED) is 0.493. The molecule has 4 rings (SSSR count). The number of imidazole rings is 1. The molecular formula is C27H33N7O2. The van der Waals surface area contributed by atoms with Gasteiger partial charge < -0.3 is 24.4 Å². The van der Waals surface area contributed by atoms with Crippen LogP contribution in [-0.4, -0.2) is 64.5 Å². The first-order valence-electron chi connectivity index (χ1n) is 12.2. The summed E-state index contributed by atoms with van der Waals surface area (Å²) < 4.78 is 7.68. The van der Waals surface area contributed by atoms with Gasteiger partial charge in [0, 0.05) is 50.4 Å². The van der Waals surface area contributed by atoms with Gasteiger partial charge in [0.05, 0.1) is 24.9 Å². The van der Waals surface area contributed by atoms with E-state index in [4.69, 9.17) is 4.74 Å². The van der Waals surface area contributed by atoms with Crippen LogP contribution in [0.25, 0.3) is 0 Å². The standard InChI is InChI=1S/C27H33N7O2/c1-6-36-25-13-24(31-15-21(25)14-28)18(2)34-9-7-22-20(17-32(4)5)11-19(12-23(22)26(34)35)16-33-10-8-30-27(33)29-3/h8,10-13,15,18H,6-7,9,16-17H2,1-5H3,(H,29,30). The van der Waals surface area contributed by atoms with Gasteiger partial charge in [0.2, 0.25) is 5.95 Å². The van der Waals surface area contributed by atoms with Gasteiger partial charge in [0.15, 0.2) is 0 Å². The van der Waals surface area contributed by atoms with Crippen LogP contribution in [0.15, 0.2) is 36.8 Å². The maximum atomic E-state index is 13.9. The van der Waals surface area contributed by atoms with Crippen molar-refractivity contribution in [1.29, 1.82) is 5.26 Å². The molecular weight excluding hydrogens is 454 g/mol. The van der Waals surface area contributed by atoms with Gasteiger partial charge in [0.1, 0.15) is 17.4 Å². The fourth-order valence-electron chi connectivity index (χ4n) is 4.78. The molecule has 1 unspecified atom stereocenters. The zero-order valence-electron chi connectivity index (χ0n) is 21.6. The lowest BCUT2D eigenvalue weighted by molar-refractivity contribution is 0.0668. The van der Waals surface area contributed by atoms with Gasteiger partial charge in [-0.1, -0.05) is 6.07 Å². The lowest BCUT2D eigenvalue weighted by Gasteiger charge is -2.35. The fourth-order valence-corrected chi connectivity index (χ4v) is 4.78. The minimum absolute atomic E-state index is 0.00537. The zero-order chi connectivity index (χ0) is 25.8. The van der Waals surface area contributed by atoms with Gasteiger partial charge in [-0.15, -0.1) is 0 Å². The summed E-state index contributed by atoms with van der Waals surface area (Å²) in [6.45, 7) is 6.28. The second kappa shape index (κ2) is 10.8. The lowest BCUT2D eigenvalue weighted by atomic mass is 9.90. The number of hydrogen-bond donors (Lipinski definition) is 1. The highest BCUT2D eigenvalue weighted by Gasteiger charge is 2.31. The van der Waals surface area contributed by atoms with Crippen molar-refractivity contribution in [3.8, 4) is 11.8 Å². The Balaban J connectivity index is 1.69. The molecule has 0 saturated carbocycles. The Morgan fingerprint density at radius 1 is 1.28 bits per heavy atom. The van der Waals surface area contributed by atoms with E-state index in [0.717, 1.165) is 35.6 Å². The molecule has 0 spiro atoms. The molecule has 2 aromatic heterocycles. The van der Waals surface area contributed by atoms with E-state index in [2.05, 4.69) is 32.3 Å². The van der Waals surface area contributed by atoms with Crippen molar-refractivity contribution in [3.63, 3.8) is 0 Å². The van der Waals surface area contributed by atoms with Gasteiger partial charge in [-0.25, -0.2) is 4.98 Å². The van der Waals surface area contributed by atoms with Crippen molar-refractivity contribution in [2.75, 3.05) is 39.6 Å². The molecule has 3 heterocycles. The average molecular weight is 488 g/mol. The largest absolute Gasteiger partial charge is 0.492 e. The van der Waals surface area contributed by atoms with Crippen LogP contribution in [0.4, 0.5) is 5.95 Å². The van der Waals surface area contributed by atoms with Gasteiger partial charge in [-0.3, -0.25) is 9.78 Å². The summed E-state index contributed by atoms with van der Waals surface area (Å²) in [6.07, 6.45) is 5.99. The molecule has 3 aromatic rings. The summed E-state index contributed by atoms with van der Waals surface area (Å²) in [6, 6.07) is 7.87. The number of benzene rings is 1. The summed E-state index contributed by atoms with van der Waals surface area (Å²) in [7, 11) is 5.93. The molecule has 0 radical (unpaired) electrons. The van der Waals surface area contributed by atoms with Gasteiger partial charge in [-0.05, 0) is 57.1 Å². The average Bonchev–Trinajstić information content (AvgIpc) is 3.31. The third-order valence-corrected chi connectivity index (χ3v) is 6.48. The molecule has 9 heteroatoms. The van der Waals surface area contributed by atoms with Gasteiger partial charge in [0.25, 0.3) is 5.91 Å². The van der Waals surface area contributed by atoms with E-state index in [-0.39, 0.29) is 11.9 Å². The number of rotatable bonds is 9. The first kappa shape index (κ1) is 25.2. The van der Waals surface area contributed by atoms with E-state index in [1.807, 2.05) is 56.7 Å². The highest BCUT2D eigenvalue weighted by molar-refractivity contribution is 5.97. The van der Waals surface area contributed by atoms with E-state index >= 15 is 0 Å². The SMILES string of the molecule is CCOc1cc(C(C)N2CCc3c(CN(C)C)cc(Cn4ccnc4NC)cc3C2=O)ncc1C#N. The Morgan fingerprint density at radius 3 is 2.78 bits per heavy atom. The molecule has 1 aromatic carbocycles. The molecule has 1 N–H and O–H groups in total. The molecule has 0 fully saturated rings. The molecule has 0 bridgehead atoms. The molecule has 188 valence electrons. The predicted octanol–water partition coefficient (Wildman–Crippen LogP) is 3.46. The monoisotopic (exact) mass is 487 g/mol. The molecule has 1 aliphatic heterocycles. The molecule has 1 atom stereocenters. The number of nitriles is 1. The number of nitrogens with zero attached hydrogens (tertiary/aromatic N) is 6. The summed E-state index contributed by atoms with van der Waals surface area (Å²) >= 11 is 0.